The van der Waals surface area contributed by atoms with Crippen molar-refractivity contribution in [3.63, 3.8) is 0 Å². The van der Waals surface area contributed by atoms with Gasteiger partial charge in [0.05, 0.1) is 5.56 Å². The largest absolute Gasteiger partial charge is 0.387 e. The standard InChI is InChI=1S/C7H8FN2O3P/c8-6-3-1-5(2-4-6)7(11)13-14(9,10)12/h1-4H,(H4,9,10,12). The lowest BCUT2D eigenvalue weighted by molar-refractivity contribution is 0.0740. The van der Waals surface area contributed by atoms with Crippen LogP contribution in [0.15, 0.2) is 24.3 Å². The highest BCUT2D eigenvalue weighted by Gasteiger charge is 2.17. The fourth-order valence-electron chi connectivity index (χ4n) is 0.768. The lowest BCUT2D eigenvalue weighted by atomic mass is 10.2. The van der Waals surface area contributed by atoms with Gasteiger partial charge >= 0.3 is 13.6 Å². The van der Waals surface area contributed by atoms with Crippen LogP contribution >= 0.6 is 7.67 Å². The lowest BCUT2D eigenvalue weighted by Crippen LogP contribution is -2.13. The van der Waals surface area contributed by atoms with Crippen LogP contribution in [0.4, 0.5) is 4.39 Å². The van der Waals surface area contributed by atoms with Crippen LogP contribution in [0.2, 0.25) is 0 Å². The van der Waals surface area contributed by atoms with Gasteiger partial charge in [0.25, 0.3) is 0 Å². The van der Waals surface area contributed by atoms with Crippen molar-refractivity contribution in [2.75, 3.05) is 0 Å². The Kier molecular flexibility index (Phi) is 3.00. The van der Waals surface area contributed by atoms with Crippen LogP contribution in [0.25, 0.3) is 0 Å². The lowest BCUT2D eigenvalue weighted by Gasteiger charge is -2.06. The number of benzene rings is 1. The zero-order valence-corrected chi connectivity index (χ0v) is 7.91. The summed E-state index contributed by atoms with van der Waals surface area (Å²) in [5, 5.41) is 0. The molecule has 0 bridgehead atoms. The quantitative estimate of drug-likeness (QED) is 0.722. The van der Waals surface area contributed by atoms with E-state index in [4.69, 9.17) is 11.0 Å². The van der Waals surface area contributed by atoms with E-state index in [0.717, 1.165) is 12.1 Å². The van der Waals surface area contributed by atoms with Crippen LogP contribution in [0.3, 0.4) is 0 Å². The molecule has 0 aliphatic carbocycles. The number of carbonyl (C=O) groups excluding carboxylic acids is 1. The highest BCUT2D eigenvalue weighted by atomic mass is 31.2. The van der Waals surface area contributed by atoms with Gasteiger partial charge in [-0.3, -0.25) is 0 Å². The highest BCUT2D eigenvalue weighted by Crippen LogP contribution is 2.27. The summed E-state index contributed by atoms with van der Waals surface area (Å²) in [6.07, 6.45) is 0. The molecule has 0 aliphatic heterocycles. The monoisotopic (exact) mass is 218 g/mol. The molecule has 0 aliphatic rings. The molecule has 0 amide bonds. The van der Waals surface area contributed by atoms with Crippen LogP contribution in [-0.2, 0) is 9.09 Å². The first-order valence-corrected chi connectivity index (χ1v) is 5.31. The summed E-state index contributed by atoms with van der Waals surface area (Å²) in [4.78, 5) is 11.1. The molecule has 0 aromatic heterocycles. The Hall–Kier alpha value is -1.23. The van der Waals surface area contributed by atoms with E-state index in [1.54, 1.807) is 0 Å². The van der Waals surface area contributed by atoms with Crippen LogP contribution in [-0.4, -0.2) is 5.97 Å². The van der Waals surface area contributed by atoms with Crippen LogP contribution < -0.4 is 11.0 Å². The minimum absolute atomic E-state index is 0.0301. The minimum atomic E-state index is -3.84. The van der Waals surface area contributed by atoms with Crippen molar-refractivity contribution in [2.24, 2.45) is 11.0 Å². The van der Waals surface area contributed by atoms with E-state index in [9.17, 15) is 13.8 Å². The topological polar surface area (TPSA) is 95.4 Å². The summed E-state index contributed by atoms with van der Waals surface area (Å²) in [5.41, 5.74) is 9.67. The highest BCUT2D eigenvalue weighted by molar-refractivity contribution is 7.54. The summed E-state index contributed by atoms with van der Waals surface area (Å²) in [6, 6.07) is 4.48. The average Bonchev–Trinajstić information content (AvgIpc) is 2.02. The smallest absolute Gasteiger partial charge is 0.386 e. The third-order valence-electron chi connectivity index (χ3n) is 1.31. The summed E-state index contributed by atoms with van der Waals surface area (Å²) < 4.78 is 27.3. The van der Waals surface area contributed by atoms with E-state index in [1.165, 1.54) is 12.1 Å². The summed E-state index contributed by atoms with van der Waals surface area (Å²) in [7, 11) is -3.84. The van der Waals surface area contributed by atoms with Crippen molar-refractivity contribution in [3.05, 3.63) is 35.6 Å². The molecule has 0 fully saturated rings. The van der Waals surface area contributed by atoms with E-state index in [0.29, 0.717) is 0 Å². The van der Waals surface area contributed by atoms with Gasteiger partial charge in [-0.05, 0) is 24.3 Å². The SMILES string of the molecule is NP(N)(=O)OC(=O)c1ccc(F)cc1. The Morgan fingerprint density at radius 1 is 1.29 bits per heavy atom. The van der Waals surface area contributed by atoms with Crippen molar-refractivity contribution in [2.45, 2.75) is 0 Å². The van der Waals surface area contributed by atoms with Crippen LogP contribution in [0.1, 0.15) is 10.4 Å². The second-order valence-electron chi connectivity index (χ2n) is 2.53. The van der Waals surface area contributed by atoms with Gasteiger partial charge in [0.1, 0.15) is 5.82 Å². The molecule has 0 saturated carbocycles. The van der Waals surface area contributed by atoms with Crippen molar-refractivity contribution < 1.29 is 18.3 Å². The summed E-state index contributed by atoms with van der Waals surface area (Å²) >= 11 is 0. The number of halogens is 1. The molecule has 5 nitrogen and oxygen atoms in total. The third-order valence-corrected chi connectivity index (χ3v) is 1.76. The second kappa shape index (κ2) is 3.88. The maximum Gasteiger partial charge on any atom is 0.387 e. The van der Waals surface area contributed by atoms with Gasteiger partial charge in [-0.1, -0.05) is 0 Å². The number of hydrogen-bond donors (Lipinski definition) is 2. The van der Waals surface area contributed by atoms with Crippen molar-refractivity contribution in [1.29, 1.82) is 0 Å². The minimum Gasteiger partial charge on any atom is -0.386 e. The zero-order valence-electron chi connectivity index (χ0n) is 7.01. The van der Waals surface area contributed by atoms with E-state index in [-0.39, 0.29) is 5.56 Å². The number of nitrogens with two attached hydrogens (primary N) is 2. The fraction of sp³-hybridized carbons (Fsp3) is 0. The Morgan fingerprint density at radius 2 is 1.79 bits per heavy atom. The number of rotatable bonds is 2. The molecule has 0 unspecified atom stereocenters. The Labute approximate surface area is 79.4 Å². The molecule has 0 heterocycles. The summed E-state index contributed by atoms with van der Waals surface area (Å²) in [6.45, 7) is 0. The fourth-order valence-corrected chi connectivity index (χ4v) is 1.13. The Bertz CT molecular complexity index is 386. The molecule has 1 aromatic carbocycles. The summed E-state index contributed by atoms with van der Waals surface area (Å²) in [5.74, 6) is -1.44. The van der Waals surface area contributed by atoms with Gasteiger partial charge in [-0.15, -0.1) is 0 Å². The Morgan fingerprint density at radius 3 is 2.21 bits per heavy atom. The molecular formula is C7H8FN2O3P. The third kappa shape index (κ3) is 3.26. The maximum atomic E-state index is 12.4. The van der Waals surface area contributed by atoms with Gasteiger partial charge in [0.15, 0.2) is 0 Å². The van der Waals surface area contributed by atoms with E-state index < -0.39 is 19.5 Å². The molecule has 0 radical (unpaired) electrons. The molecule has 4 N–H and O–H groups in total. The van der Waals surface area contributed by atoms with Crippen molar-refractivity contribution in [1.82, 2.24) is 0 Å². The molecule has 14 heavy (non-hydrogen) atoms. The predicted octanol–water partition coefficient (Wildman–Crippen LogP) is 1.01. The molecular weight excluding hydrogens is 210 g/mol. The van der Waals surface area contributed by atoms with E-state index in [2.05, 4.69) is 4.52 Å². The molecule has 1 aromatic rings. The Balaban J connectivity index is 2.81. The molecule has 7 heteroatoms. The first kappa shape index (κ1) is 10.8. The first-order valence-electron chi connectivity index (χ1n) is 3.55. The van der Waals surface area contributed by atoms with Gasteiger partial charge in [0.2, 0.25) is 0 Å². The number of carbonyl (C=O) groups is 1. The van der Waals surface area contributed by atoms with E-state index in [1.807, 2.05) is 0 Å². The normalized spacial score (nSPS) is 11.1. The van der Waals surface area contributed by atoms with E-state index >= 15 is 0 Å². The maximum absolute atomic E-state index is 12.4. The molecule has 0 saturated heterocycles. The van der Waals surface area contributed by atoms with Crippen LogP contribution in [0, 0.1) is 5.82 Å². The van der Waals surface area contributed by atoms with Gasteiger partial charge in [0, 0.05) is 0 Å². The molecule has 76 valence electrons. The predicted molar refractivity (Wildman–Crippen MR) is 47.8 cm³/mol. The molecule has 0 atom stereocenters. The first-order chi connectivity index (χ1) is 6.38. The van der Waals surface area contributed by atoms with Gasteiger partial charge < -0.3 is 4.52 Å². The van der Waals surface area contributed by atoms with Crippen molar-refractivity contribution in [3.8, 4) is 0 Å². The number of hydrogen-bond acceptors (Lipinski definition) is 3. The van der Waals surface area contributed by atoms with Gasteiger partial charge in [-0.2, -0.15) is 0 Å². The second-order valence-corrected chi connectivity index (χ2v) is 4.00. The van der Waals surface area contributed by atoms with Crippen molar-refractivity contribution >= 4 is 13.6 Å². The van der Waals surface area contributed by atoms with Gasteiger partial charge in [-0.25, -0.2) is 24.8 Å². The molecule has 1 rings (SSSR count). The van der Waals surface area contributed by atoms with Crippen LogP contribution in [0.5, 0.6) is 0 Å². The average molecular weight is 218 g/mol. The molecule has 0 spiro atoms. The zero-order chi connectivity index (χ0) is 10.8.